The molecular formula is C22H24F3N5O3S. The first kappa shape index (κ1) is 24.1. The number of benzene rings is 1. The molecule has 8 nitrogen and oxygen atoms in total. The summed E-state index contributed by atoms with van der Waals surface area (Å²) in [6, 6.07) is 5.17. The molecule has 1 atom stereocenters. The van der Waals surface area contributed by atoms with E-state index in [0.29, 0.717) is 48.7 Å². The van der Waals surface area contributed by atoms with Gasteiger partial charge in [0.2, 0.25) is 5.91 Å². The third-order valence-corrected chi connectivity index (χ3v) is 6.65. The van der Waals surface area contributed by atoms with Gasteiger partial charge in [-0.2, -0.15) is 13.2 Å². The van der Waals surface area contributed by atoms with Gasteiger partial charge in [-0.3, -0.25) is 4.79 Å². The average Bonchev–Trinajstić information content (AvgIpc) is 3.38. The number of anilines is 2. The summed E-state index contributed by atoms with van der Waals surface area (Å²) in [4.78, 5) is 14.9. The molecule has 3 aromatic rings. The summed E-state index contributed by atoms with van der Waals surface area (Å²) >= 11 is 1.16. The van der Waals surface area contributed by atoms with Gasteiger partial charge in [0.15, 0.2) is 11.0 Å². The van der Waals surface area contributed by atoms with Gasteiger partial charge < -0.3 is 23.9 Å². The molecule has 1 N–H and O–H groups in total. The quantitative estimate of drug-likeness (QED) is 0.509. The number of aryl methyl sites for hydroxylation is 1. The lowest BCUT2D eigenvalue weighted by atomic mass is 10.1. The van der Waals surface area contributed by atoms with E-state index in [1.54, 1.807) is 30.9 Å². The van der Waals surface area contributed by atoms with Gasteiger partial charge in [0.05, 0.1) is 47.2 Å². The molecule has 0 unspecified atom stereocenters. The number of nitrogens with zero attached hydrogens (tertiary/aromatic N) is 4. The number of hydrogen-bond acceptors (Lipinski definition) is 7. The summed E-state index contributed by atoms with van der Waals surface area (Å²) in [6.07, 6.45) is -2.97. The van der Waals surface area contributed by atoms with Crippen molar-refractivity contribution in [2.24, 2.45) is 7.05 Å². The lowest BCUT2D eigenvalue weighted by Crippen LogP contribution is -2.37. The van der Waals surface area contributed by atoms with Crippen LogP contribution in [-0.4, -0.2) is 52.2 Å². The average molecular weight is 496 g/mol. The molecule has 1 saturated heterocycles. The highest BCUT2D eigenvalue weighted by Gasteiger charge is 2.32. The molecule has 0 saturated carbocycles. The van der Waals surface area contributed by atoms with E-state index < -0.39 is 22.9 Å². The first-order valence-corrected chi connectivity index (χ1v) is 11.5. The van der Waals surface area contributed by atoms with Gasteiger partial charge in [-0.15, -0.1) is 10.2 Å². The molecule has 1 aliphatic rings. The molecule has 34 heavy (non-hydrogen) atoms. The highest BCUT2D eigenvalue weighted by Crippen LogP contribution is 2.36. The fourth-order valence-electron chi connectivity index (χ4n) is 3.61. The molecule has 1 amide bonds. The van der Waals surface area contributed by atoms with E-state index >= 15 is 0 Å². The standard InChI is InChI=1S/C22H24F3N5O3S/c1-13-16(6-9-33-13)19-27-28-21(29(19)3)34-14(2)20(31)26-17-12-15(22(23,24)25)4-5-18(17)30-7-10-32-11-8-30/h4-6,9,12,14H,7-8,10-11H2,1-3H3,(H,26,31)/t14-/m0/s1. The highest BCUT2D eigenvalue weighted by molar-refractivity contribution is 8.00. The largest absolute Gasteiger partial charge is 0.469 e. The number of alkyl halides is 3. The van der Waals surface area contributed by atoms with Crippen molar-refractivity contribution in [3.63, 3.8) is 0 Å². The molecule has 1 fully saturated rings. The van der Waals surface area contributed by atoms with Crippen LogP contribution in [0.25, 0.3) is 11.4 Å². The first-order chi connectivity index (χ1) is 16.1. The Morgan fingerprint density at radius 1 is 1.21 bits per heavy atom. The minimum Gasteiger partial charge on any atom is -0.469 e. The van der Waals surface area contributed by atoms with Crippen LogP contribution in [0.1, 0.15) is 18.2 Å². The fourth-order valence-corrected chi connectivity index (χ4v) is 4.42. The summed E-state index contributed by atoms with van der Waals surface area (Å²) in [5.41, 5.74) is 0.603. The monoisotopic (exact) mass is 495 g/mol. The summed E-state index contributed by atoms with van der Waals surface area (Å²) in [7, 11) is 1.78. The van der Waals surface area contributed by atoms with Crippen LogP contribution in [0.2, 0.25) is 0 Å². The number of ether oxygens (including phenoxy) is 1. The van der Waals surface area contributed by atoms with Crippen molar-refractivity contribution in [3.05, 3.63) is 41.9 Å². The number of aromatic nitrogens is 3. The van der Waals surface area contributed by atoms with Crippen LogP contribution in [0, 0.1) is 6.92 Å². The van der Waals surface area contributed by atoms with Gasteiger partial charge in [0, 0.05) is 20.1 Å². The van der Waals surface area contributed by atoms with Gasteiger partial charge in [-0.1, -0.05) is 11.8 Å². The zero-order valence-corrected chi connectivity index (χ0v) is 19.7. The Labute approximate surface area is 198 Å². The highest BCUT2D eigenvalue weighted by atomic mass is 32.2. The number of rotatable bonds is 6. The van der Waals surface area contributed by atoms with Crippen molar-refractivity contribution in [1.29, 1.82) is 0 Å². The smallest absolute Gasteiger partial charge is 0.416 e. The predicted octanol–water partition coefficient (Wildman–Crippen LogP) is 4.36. The number of thioether (sulfide) groups is 1. The van der Waals surface area contributed by atoms with Gasteiger partial charge in [0.25, 0.3) is 0 Å². The number of nitrogens with one attached hydrogen (secondary N) is 1. The number of morpholine rings is 1. The molecule has 1 aliphatic heterocycles. The fraction of sp³-hybridized carbons (Fsp3) is 0.409. The van der Waals surface area contributed by atoms with Gasteiger partial charge in [0.1, 0.15) is 5.76 Å². The molecule has 1 aromatic carbocycles. The molecule has 0 aliphatic carbocycles. The Hall–Kier alpha value is -2.99. The summed E-state index contributed by atoms with van der Waals surface area (Å²) in [6.45, 7) is 5.45. The summed E-state index contributed by atoms with van der Waals surface area (Å²) < 4.78 is 52.4. The maximum Gasteiger partial charge on any atom is 0.416 e. The van der Waals surface area contributed by atoms with Crippen LogP contribution in [0.4, 0.5) is 24.5 Å². The van der Waals surface area contributed by atoms with Crippen molar-refractivity contribution in [1.82, 2.24) is 14.8 Å². The zero-order chi connectivity index (χ0) is 24.5. The van der Waals surface area contributed by atoms with Crippen LogP contribution in [0.15, 0.2) is 40.1 Å². The molecule has 3 heterocycles. The summed E-state index contributed by atoms with van der Waals surface area (Å²) in [5, 5.41) is 10.9. The number of carbonyl (C=O) groups is 1. The van der Waals surface area contributed by atoms with Crippen molar-refractivity contribution in [2.75, 3.05) is 36.5 Å². The Morgan fingerprint density at radius 2 is 1.94 bits per heavy atom. The van der Waals surface area contributed by atoms with E-state index in [9.17, 15) is 18.0 Å². The van der Waals surface area contributed by atoms with E-state index in [1.165, 1.54) is 6.07 Å². The maximum atomic E-state index is 13.3. The van der Waals surface area contributed by atoms with Crippen LogP contribution >= 0.6 is 11.8 Å². The van der Waals surface area contributed by atoms with E-state index in [-0.39, 0.29) is 5.69 Å². The van der Waals surface area contributed by atoms with Crippen molar-refractivity contribution in [2.45, 2.75) is 30.4 Å². The minimum absolute atomic E-state index is 0.113. The van der Waals surface area contributed by atoms with Crippen molar-refractivity contribution >= 4 is 29.0 Å². The Balaban J connectivity index is 1.53. The maximum absolute atomic E-state index is 13.3. The number of hydrogen-bond donors (Lipinski definition) is 1. The number of amides is 1. The predicted molar refractivity (Wildman–Crippen MR) is 122 cm³/mol. The molecule has 0 bridgehead atoms. The number of halogens is 3. The molecule has 2 aromatic heterocycles. The molecule has 0 spiro atoms. The van der Waals surface area contributed by atoms with E-state index in [2.05, 4.69) is 15.5 Å². The van der Waals surface area contributed by atoms with Gasteiger partial charge >= 0.3 is 6.18 Å². The van der Waals surface area contributed by atoms with Crippen molar-refractivity contribution < 1.29 is 27.1 Å². The topological polar surface area (TPSA) is 85.4 Å². The van der Waals surface area contributed by atoms with E-state index in [0.717, 1.165) is 29.5 Å². The van der Waals surface area contributed by atoms with E-state index in [4.69, 9.17) is 9.15 Å². The van der Waals surface area contributed by atoms with Crippen LogP contribution in [0.5, 0.6) is 0 Å². The number of furan rings is 1. The molecule has 182 valence electrons. The second-order valence-corrected chi connectivity index (χ2v) is 9.14. The third-order valence-electron chi connectivity index (χ3n) is 5.52. The lowest BCUT2D eigenvalue weighted by Gasteiger charge is -2.31. The Morgan fingerprint density at radius 3 is 2.59 bits per heavy atom. The summed E-state index contributed by atoms with van der Waals surface area (Å²) in [5.74, 6) is 0.842. The van der Waals surface area contributed by atoms with Gasteiger partial charge in [-0.25, -0.2) is 0 Å². The normalized spacial score (nSPS) is 15.4. The van der Waals surface area contributed by atoms with Crippen LogP contribution in [-0.2, 0) is 22.8 Å². The molecular weight excluding hydrogens is 471 g/mol. The second kappa shape index (κ2) is 9.71. The Kier molecular flexibility index (Phi) is 6.89. The van der Waals surface area contributed by atoms with Crippen molar-refractivity contribution in [3.8, 4) is 11.4 Å². The minimum atomic E-state index is -4.52. The molecule has 4 rings (SSSR count). The molecule has 12 heteroatoms. The first-order valence-electron chi connectivity index (χ1n) is 10.6. The SMILES string of the molecule is Cc1occc1-c1nnc(S[C@@H](C)C(=O)Nc2cc(C(F)(F)F)ccc2N2CCOCC2)n1C. The zero-order valence-electron chi connectivity index (χ0n) is 18.8. The third kappa shape index (κ3) is 5.07. The van der Waals surface area contributed by atoms with Crippen LogP contribution < -0.4 is 10.2 Å². The molecule has 0 radical (unpaired) electrons. The van der Waals surface area contributed by atoms with Crippen LogP contribution in [0.3, 0.4) is 0 Å². The van der Waals surface area contributed by atoms with Gasteiger partial charge in [-0.05, 0) is 38.1 Å². The lowest BCUT2D eigenvalue weighted by molar-refractivity contribution is -0.137. The second-order valence-electron chi connectivity index (χ2n) is 7.83. The number of carbonyl (C=O) groups excluding carboxylic acids is 1. The Bertz CT molecular complexity index is 1170. The van der Waals surface area contributed by atoms with E-state index in [1.807, 2.05) is 11.8 Å².